The first-order valence-electron chi connectivity index (χ1n) is 4.82. The maximum atomic E-state index is 6.03. The highest BCUT2D eigenvalue weighted by atomic mass is 35.5. The van der Waals surface area contributed by atoms with Gasteiger partial charge in [-0.25, -0.2) is 0 Å². The summed E-state index contributed by atoms with van der Waals surface area (Å²) in [6.07, 6.45) is -0.0415. The third-order valence-corrected chi connectivity index (χ3v) is 2.29. The molecule has 0 aromatic heterocycles. The number of hydrogen-bond donors (Lipinski definition) is 1. The second-order valence-electron chi connectivity index (χ2n) is 3.32. The molecule has 0 amide bonds. The van der Waals surface area contributed by atoms with Crippen molar-refractivity contribution >= 4 is 11.6 Å². The zero-order valence-electron chi connectivity index (χ0n) is 9.00. The Balaban J connectivity index is 2.82. The number of nitrogens with two attached hydrogens (primary N) is 1. The van der Waals surface area contributed by atoms with Crippen molar-refractivity contribution in [2.24, 2.45) is 5.73 Å². The molecule has 0 bridgehead atoms. The van der Waals surface area contributed by atoms with Gasteiger partial charge in [0.25, 0.3) is 0 Å². The second kappa shape index (κ2) is 5.95. The number of benzene rings is 1. The lowest BCUT2D eigenvalue weighted by molar-refractivity contribution is 0.0915. The molecule has 2 N–H and O–H groups in total. The van der Waals surface area contributed by atoms with Gasteiger partial charge in [-0.1, -0.05) is 23.7 Å². The van der Waals surface area contributed by atoms with Crippen LogP contribution in [0.25, 0.3) is 0 Å². The third-order valence-electron chi connectivity index (χ3n) is 1.99. The van der Waals surface area contributed by atoms with Crippen LogP contribution in [0, 0.1) is 0 Å². The summed E-state index contributed by atoms with van der Waals surface area (Å²) in [6.45, 7) is 2.86. The van der Waals surface area contributed by atoms with Gasteiger partial charge in [0, 0.05) is 19.2 Å². The fourth-order valence-corrected chi connectivity index (χ4v) is 1.55. The van der Waals surface area contributed by atoms with E-state index in [4.69, 9.17) is 26.8 Å². The number of methoxy groups -OCH3 is 1. The van der Waals surface area contributed by atoms with E-state index in [1.807, 2.05) is 19.1 Å². The Morgan fingerprint density at radius 1 is 1.47 bits per heavy atom. The zero-order valence-corrected chi connectivity index (χ0v) is 9.75. The molecule has 1 rings (SSSR count). The molecular formula is C11H16ClNO2. The van der Waals surface area contributed by atoms with Gasteiger partial charge in [-0.05, 0) is 13.0 Å². The number of para-hydroxylation sites is 1. The van der Waals surface area contributed by atoms with E-state index >= 15 is 0 Å². The molecule has 0 aliphatic heterocycles. The number of hydrogen-bond acceptors (Lipinski definition) is 3. The van der Waals surface area contributed by atoms with Crippen molar-refractivity contribution in [2.45, 2.75) is 19.6 Å². The van der Waals surface area contributed by atoms with Crippen LogP contribution < -0.4 is 10.5 Å². The Morgan fingerprint density at radius 3 is 2.80 bits per heavy atom. The maximum Gasteiger partial charge on any atom is 0.142 e. The monoisotopic (exact) mass is 229 g/mol. The summed E-state index contributed by atoms with van der Waals surface area (Å²) in [5.41, 5.74) is 6.51. The van der Waals surface area contributed by atoms with Crippen molar-refractivity contribution in [3.05, 3.63) is 28.8 Å². The summed E-state index contributed by atoms with van der Waals surface area (Å²) in [7, 11) is 1.64. The van der Waals surface area contributed by atoms with Crippen molar-refractivity contribution in [3.8, 4) is 5.75 Å². The summed E-state index contributed by atoms with van der Waals surface area (Å²) in [6, 6.07) is 5.55. The van der Waals surface area contributed by atoms with Gasteiger partial charge in [-0.15, -0.1) is 0 Å². The van der Waals surface area contributed by atoms with Crippen LogP contribution in [-0.2, 0) is 11.3 Å². The maximum absolute atomic E-state index is 6.03. The molecule has 0 spiro atoms. The van der Waals surface area contributed by atoms with Gasteiger partial charge in [0.15, 0.2) is 0 Å². The lowest BCUT2D eigenvalue weighted by Crippen LogP contribution is -2.19. The van der Waals surface area contributed by atoms with Crippen molar-refractivity contribution in [3.63, 3.8) is 0 Å². The Labute approximate surface area is 95.1 Å². The van der Waals surface area contributed by atoms with Crippen LogP contribution in [0.5, 0.6) is 5.75 Å². The molecule has 0 radical (unpaired) electrons. The number of halogens is 1. The molecule has 0 saturated carbocycles. The minimum absolute atomic E-state index is 0.0415. The Kier molecular flexibility index (Phi) is 4.88. The topological polar surface area (TPSA) is 44.5 Å². The van der Waals surface area contributed by atoms with Gasteiger partial charge >= 0.3 is 0 Å². The highest BCUT2D eigenvalue weighted by molar-refractivity contribution is 6.32. The van der Waals surface area contributed by atoms with Crippen LogP contribution in [0.1, 0.15) is 12.5 Å². The van der Waals surface area contributed by atoms with E-state index in [0.717, 1.165) is 5.56 Å². The summed E-state index contributed by atoms with van der Waals surface area (Å²) in [5.74, 6) is 0.659. The Bertz CT molecular complexity index is 317. The lowest BCUT2D eigenvalue weighted by atomic mass is 10.2. The first-order valence-corrected chi connectivity index (χ1v) is 5.20. The summed E-state index contributed by atoms with van der Waals surface area (Å²) >= 11 is 6.03. The van der Waals surface area contributed by atoms with E-state index in [9.17, 15) is 0 Å². The van der Waals surface area contributed by atoms with Crippen molar-refractivity contribution in [1.82, 2.24) is 0 Å². The normalized spacial score (nSPS) is 12.5. The molecule has 1 aromatic carbocycles. The molecule has 1 atom stereocenters. The van der Waals surface area contributed by atoms with Crippen LogP contribution >= 0.6 is 11.6 Å². The molecule has 0 saturated heterocycles. The van der Waals surface area contributed by atoms with Gasteiger partial charge in [-0.3, -0.25) is 0 Å². The largest absolute Gasteiger partial charge is 0.486 e. The molecule has 15 heavy (non-hydrogen) atoms. The quantitative estimate of drug-likeness (QED) is 0.842. The van der Waals surface area contributed by atoms with Gasteiger partial charge < -0.3 is 15.2 Å². The minimum Gasteiger partial charge on any atom is -0.486 e. The van der Waals surface area contributed by atoms with Crippen LogP contribution in [0.2, 0.25) is 5.02 Å². The fourth-order valence-electron chi connectivity index (χ4n) is 1.32. The predicted molar refractivity (Wildman–Crippen MR) is 61.3 cm³/mol. The molecule has 0 fully saturated rings. The molecule has 4 heteroatoms. The molecule has 0 aliphatic rings. The molecule has 0 heterocycles. The van der Waals surface area contributed by atoms with Crippen LogP contribution in [0.15, 0.2) is 18.2 Å². The van der Waals surface area contributed by atoms with Gasteiger partial charge in [0.05, 0.1) is 11.6 Å². The average Bonchev–Trinajstić information content (AvgIpc) is 2.21. The van der Waals surface area contributed by atoms with Gasteiger partial charge in [-0.2, -0.15) is 0 Å². The van der Waals surface area contributed by atoms with Gasteiger partial charge in [0.2, 0.25) is 0 Å². The van der Waals surface area contributed by atoms with Crippen LogP contribution in [0.3, 0.4) is 0 Å². The Morgan fingerprint density at radius 2 is 2.20 bits per heavy atom. The van der Waals surface area contributed by atoms with E-state index < -0.39 is 0 Å². The number of rotatable bonds is 5. The molecule has 84 valence electrons. The summed E-state index contributed by atoms with van der Waals surface area (Å²) < 4.78 is 10.7. The van der Waals surface area contributed by atoms with E-state index in [-0.39, 0.29) is 6.10 Å². The first-order chi connectivity index (χ1) is 7.19. The van der Waals surface area contributed by atoms with Crippen molar-refractivity contribution < 1.29 is 9.47 Å². The number of ether oxygens (including phenoxy) is 2. The summed E-state index contributed by atoms with van der Waals surface area (Å²) in [5, 5.41) is 0.584. The first kappa shape index (κ1) is 12.3. The Hall–Kier alpha value is -0.770. The van der Waals surface area contributed by atoms with Crippen molar-refractivity contribution in [2.75, 3.05) is 13.7 Å². The third kappa shape index (κ3) is 3.38. The molecule has 3 nitrogen and oxygen atoms in total. The minimum atomic E-state index is -0.0415. The molecule has 1 unspecified atom stereocenters. The second-order valence-corrected chi connectivity index (χ2v) is 3.72. The zero-order chi connectivity index (χ0) is 11.3. The van der Waals surface area contributed by atoms with E-state index in [2.05, 4.69) is 0 Å². The highest BCUT2D eigenvalue weighted by Gasteiger charge is 2.10. The van der Waals surface area contributed by atoms with E-state index in [0.29, 0.717) is 23.9 Å². The van der Waals surface area contributed by atoms with E-state index in [1.165, 1.54) is 0 Å². The molecule has 1 aromatic rings. The van der Waals surface area contributed by atoms with Gasteiger partial charge in [0.1, 0.15) is 11.9 Å². The lowest BCUT2D eigenvalue weighted by Gasteiger charge is -2.17. The van der Waals surface area contributed by atoms with Crippen LogP contribution in [-0.4, -0.2) is 19.8 Å². The average molecular weight is 230 g/mol. The van der Waals surface area contributed by atoms with Crippen molar-refractivity contribution in [1.29, 1.82) is 0 Å². The highest BCUT2D eigenvalue weighted by Crippen LogP contribution is 2.29. The molecular weight excluding hydrogens is 214 g/mol. The predicted octanol–water partition coefficient (Wildman–Crippen LogP) is 2.21. The summed E-state index contributed by atoms with van der Waals surface area (Å²) in [4.78, 5) is 0. The SMILES string of the molecule is COCC(C)Oc1c(Cl)cccc1CN. The molecule has 0 aliphatic carbocycles. The fraction of sp³-hybridized carbons (Fsp3) is 0.455. The van der Waals surface area contributed by atoms with Crippen LogP contribution in [0.4, 0.5) is 0 Å². The smallest absolute Gasteiger partial charge is 0.142 e. The van der Waals surface area contributed by atoms with E-state index in [1.54, 1.807) is 13.2 Å². The standard InChI is InChI=1S/C11H16ClNO2/c1-8(7-14-2)15-11-9(6-13)4-3-5-10(11)12/h3-5,8H,6-7,13H2,1-2H3.